The van der Waals surface area contributed by atoms with Gasteiger partial charge in [-0.05, 0) is 26.7 Å². The number of hydrogen-bond acceptors (Lipinski definition) is 7. The van der Waals surface area contributed by atoms with Crippen LogP contribution in [0.5, 0.6) is 17.2 Å². The molecule has 1 heterocycles. The Morgan fingerprint density at radius 3 is 2.58 bits per heavy atom. The molecule has 8 nitrogen and oxygen atoms in total. The second-order valence-electron chi connectivity index (χ2n) is 8.81. The van der Waals surface area contributed by atoms with Crippen molar-refractivity contribution in [1.82, 2.24) is 5.32 Å². The number of aldehydes is 1. The fourth-order valence-electron chi connectivity index (χ4n) is 3.12. The Labute approximate surface area is 184 Å². The number of carbonyl (C=O) groups is 2. The molecule has 0 aliphatic carbocycles. The predicted octanol–water partition coefficient (Wildman–Crippen LogP) is 3.78. The van der Waals surface area contributed by atoms with Gasteiger partial charge in [0.1, 0.15) is 18.0 Å². The average Bonchev–Trinajstić information content (AvgIpc) is 3.16. The Morgan fingerprint density at radius 2 is 1.97 bits per heavy atom. The van der Waals surface area contributed by atoms with Crippen molar-refractivity contribution in [3.8, 4) is 17.2 Å². The molecule has 0 radical (unpaired) electrons. The van der Waals surface area contributed by atoms with E-state index in [0.29, 0.717) is 49.1 Å². The van der Waals surface area contributed by atoms with E-state index >= 15 is 0 Å². The molecular weight excluding hydrogens is 402 g/mol. The summed E-state index contributed by atoms with van der Waals surface area (Å²) in [6.45, 7) is 11.1. The number of ether oxygens (including phenoxy) is 5. The number of rotatable bonds is 11. The summed E-state index contributed by atoms with van der Waals surface area (Å²) in [5.74, 6) is 1.65. The van der Waals surface area contributed by atoms with Gasteiger partial charge in [-0.1, -0.05) is 13.8 Å². The van der Waals surface area contributed by atoms with E-state index in [1.165, 1.54) is 0 Å². The second kappa shape index (κ2) is 11.2. The van der Waals surface area contributed by atoms with Crippen molar-refractivity contribution in [2.75, 3.05) is 33.5 Å². The largest absolute Gasteiger partial charge is 0.491 e. The van der Waals surface area contributed by atoms with Gasteiger partial charge in [0.2, 0.25) is 0 Å². The smallest absolute Gasteiger partial charge is 0.407 e. The monoisotopic (exact) mass is 437 g/mol. The molecular formula is C23H35NO7. The predicted molar refractivity (Wildman–Crippen MR) is 117 cm³/mol. The van der Waals surface area contributed by atoms with Crippen molar-refractivity contribution < 1.29 is 33.3 Å². The Bertz CT molecular complexity index is 755. The molecule has 1 aromatic carbocycles. The zero-order valence-corrected chi connectivity index (χ0v) is 19.4. The van der Waals surface area contributed by atoms with Crippen LogP contribution >= 0.6 is 0 Å². The van der Waals surface area contributed by atoms with E-state index in [-0.39, 0.29) is 18.6 Å². The highest BCUT2D eigenvalue weighted by Gasteiger charge is 2.27. The summed E-state index contributed by atoms with van der Waals surface area (Å²) in [5.41, 5.74) is 0.651. The zero-order chi connectivity index (χ0) is 23.0. The van der Waals surface area contributed by atoms with Crippen LogP contribution in [0.15, 0.2) is 6.07 Å². The number of nitrogens with one attached hydrogen (secondary N) is 1. The molecule has 0 spiro atoms. The van der Waals surface area contributed by atoms with Crippen LogP contribution in [0.4, 0.5) is 4.79 Å². The van der Waals surface area contributed by atoms with Crippen molar-refractivity contribution in [2.24, 2.45) is 5.92 Å². The quantitative estimate of drug-likeness (QED) is 0.416. The first-order valence-corrected chi connectivity index (χ1v) is 10.7. The molecule has 1 aromatic rings. The highest BCUT2D eigenvalue weighted by atomic mass is 16.6. The number of methoxy groups -OCH3 is 1. The Hall–Kier alpha value is -2.48. The standard InChI is InChI=1S/C23H35NO7/c1-15(2)18(24-22(26)31-23(3,4)5)14-30-19-12-20(28-10-7-9-27-6)21-16(8-11-29-21)17(19)13-25/h12-13,15,18H,7-11,14H2,1-6H3,(H,24,26)/t18-/m0/s1. The third-order valence-corrected chi connectivity index (χ3v) is 4.74. The van der Waals surface area contributed by atoms with Gasteiger partial charge in [-0.3, -0.25) is 4.79 Å². The summed E-state index contributed by atoms with van der Waals surface area (Å²) < 4.78 is 28.0. The molecule has 0 bridgehead atoms. The summed E-state index contributed by atoms with van der Waals surface area (Å²) in [6.07, 6.45) is 1.61. The molecule has 8 heteroatoms. The van der Waals surface area contributed by atoms with Crippen LogP contribution in [0.1, 0.15) is 57.0 Å². The topological polar surface area (TPSA) is 92.3 Å². The maximum atomic E-state index is 12.2. The lowest BCUT2D eigenvalue weighted by molar-refractivity contribution is 0.0468. The van der Waals surface area contributed by atoms with Crippen molar-refractivity contribution in [2.45, 2.75) is 59.1 Å². The molecule has 1 aliphatic heterocycles. The van der Waals surface area contributed by atoms with Gasteiger partial charge in [-0.15, -0.1) is 0 Å². The molecule has 0 saturated carbocycles. The molecule has 0 aromatic heterocycles. The third kappa shape index (κ3) is 7.31. The van der Waals surface area contributed by atoms with Gasteiger partial charge in [-0.25, -0.2) is 4.79 Å². The van der Waals surface area contributed by atoms with E-state index in [4.69, 9.17) is 23.7 Å². The van der Waals surface area contributed by atoms with E-state index in [1.54, 1.807) is 13.2 Å². The van der Waals surface area contributed by atoms with E-state index < -0.39 is 11.7 Å². The molecule has 1 atom stereocenters. The first-order chi connectivity index (χ1) is 14.7. The van der Waals surface area contributed by atoms with Gasteiger partial charge in [0.05, 0.1) is 24.8 Å². The summed E-state index contributed by atoms with van der Waals surface area (Å²) in [5, 5.41) is 2.85. The molecule has 31 heavy (non-hydrogen) atoms. The first kappa shape index (κ1) is 24.8. The first-order valence-electron chi connectivity index (χ1n) is 10.7. The fraction of sp³-hybridized carbons (Fsp3) is 0.652. The highest BCUT2D eigenvalue weighted by Crippen LogP contribution is 2.42. The van der Waals surface area contributed by atoms with Gasteiger partial charge in [-0.2, -0.15) is 0 Å². The van der Waals surface area contributed by atoms with Crippen molar-refractivity contribution in [3.63, 3.8) is 0 Å². The van der Waals surface area contributed by atoms with Crippen LogP contribution in [-0.2, 0) is 15.9 Å². The van der Waals surface area contributed by atoms with Crippen molar-refractivity contribution >= 4 is 12.4 Å². The van der Waals surface area contributed by atoms with Crippen LogP contribution in [0, 0.1) is 5.92 Å². The average molecular weight is 438 g/mol. The van der Waals surface area contributed by atoms with Crippen molar-refractivity contribution in [3.05, 3.63) is 17.2 Å². The highest BCUT2D eigenvalue weighted by molar-refractivity contribution is 5.85. The van der Waals surface area contributed by atoms with Crippen LogP contribution in [0.2, 0.25) is 0 Å². The Balaban J connectivity index is 2.16. The number of carbonyl (C=O) groups excluding carboxylic acids is 2. The summed E-state index contributed by atoms with van der Waals surface area (Å²) in [6, 6.07) is 1.39. The third-order valence-electron chi connectivity index (χ3n) is 4.74. The van der Waals surface area contributed by atoms with Gasteiger partial charge in [0.15, 0.2) is 17.8 Å². The number of hydrogen-bond donors (Lipinski definition) is 1. The van der Waals surface area contributed by atoms with Gasteiger partial charge in [0, 0.05) is 38.2 Å². The lowest BCUT2D eigenvalue weighted by Gasteiger charge is -2.26. The van der Waals surface area contributed by atoms with Gasteiger partial charge in [0.25, 0.3) is 0 Å². The summed E-state index contributed by atoms with van der Waals surface area (Å²) in [4.78, 5) is 24.0. The molecule has 0 fully saturated rings. The molecule has 1 aliphatic rings. The van der Waals surface area contributed by atoms with Gasteiger partial charge >= 0.3 is 6.09 Å². The maximum absolute atomic E-state index is 12.2. The van der Waals surface area contributed by atoms with Crippen LogP contribution in [-0.4, -0.2) is 57.6 Å². The molecule has 0 saturated heterocycles. The number of fused-ring (bicyclic) bond motifs is 1. The number of alkyl carbamates (subject to hydrolysis) is 1. The molecule has 2 rings (SSSR count). The summed E-state index contributed by atoms with van der Waals surface area (Å²) in [7, 11) is 1.64. The molecule has 1 amide bonds. The normalized spacial score (nSPS) is 13.9. The van der Waals surface area contributed by atoms with Gasteiger partial charge < -0.3 is 29.0 Å². The minimum absolute atomic E-state index is 0.0923. The lowest BCUT2D eigenvalue weighted by Crippen LogP contribution is -2.45. The van der Waals surface area contributed by atoms with Crippen molar-refractivity contribution in [1.29, 1.82) is 0 Å². The Kier molecular flexibility index (Phi) is 8.98. The lowest BCUT2D eigenvalue weighted by atomic mass is 10.0. The van der Waals surface area contributed by atoms with Crippen LogP contribution in [0.3, 0.4) is 0 Å². The molecule has 0 unspecified atom stereocenters. The summed E-state index contributed by atoms with van der Waals surface area (Å²) >= 11 is 0. The Morgan fingerprint density at radius 1 is 1.23 bits per heavy atom. The number of amides is 1. The zero-order valence-electron chi connectivity index (χ0n) is 19.4. The molecule has 1 N–H and O–H groups in total. The van der Waals surface area contributed by atoms with E-state index in [0.717, 1.165) is 18.3 Å². The second-order valence-corrected chi connectivity index (χ2v) is 8.81. The number of benzene rings is 1. The molecule has 174 valence electrons. The van der Waals surface area contributed by atoms with Crippen LogP contribution < -0.4 is 19.5 Å². The minimum atomic E-state index is -0.591. The fourth-order valence-corrected chi connectivity index (χ4v) is 3.12. The maximum Gasteiger partial charge on any atom is 0.407 e. The SMILES string of the molecule is COCCCOc1cc(OC[C@H](NC(=O)OC(C)(C)C)C(C)C)c(C=O)c2c1OCC2. The van der Waals surface area contributed by atoms with E-state index in [2.05, 4.69) is 5.32 Å². The van der Waals surface area contributed by atoms with E-state index in [9.17, 15) is 9.59 Å². The van der Waals surface area contributed by atoms with Crippen LogP contribution in [0.25, 0.3) is 0 Å². The van der Waals surface area contributed by atoms with E-state index in [1.807, 2.05) is 34.6 Å². The minimum Gasteiger partial charge on any atom is -0.491 e.